The summed E-state index contributed by atoms with van der Waals surface area (Å²) in [6.07, 6.45) is 2.04. The first-order valence-electron chi connectivity index (χ1n) is 5.15. The molecule has 0 radical (unpaired) electrons. The molecule has 0 aromatic carbocycles. The largest absolute Gasteiger partial charge is 0.478 e. The molecule has 1 aromatic heterocycles. The van der Waals surface area contributed by atoms with Gasteiger partial charge < -0.3 is 15.1 Å². The molecule has 1 fully saturated rings. The van der Waals surface area contributed by atoms with Crippen molar-refractivity contribution in [3.05, 3.63) is 23.9 Å². The molecule has 2 N–H and O–H groups in total. The maximum Gasteiger partial charge on any atom is 0.337 e. The summed E-state index contributed by atoms with van der Waals surface area (Å²) in [5.74, 6) is -0.268. The van der Waals surface area contributed by atoms with Gasteiger partial charge in [-0.15, -0.1) is 0 Å². The van der Waals surface area contributed by atoms with Gasteiger partial charge in [0.1, 0.15) is 5.82 Å². The van der Waals surface area contributed by atoms with E-state index in [4.69, 9.17) is 5.11 Å². The lowest BCUT2D eigenvalue weighted by atomic mass is 10.1. The van der Waals surface area contributed by atoms with Gasteiger partial charge in [0, 0.05) is 19.3 Å². The summed E-state index contributed by atoms with van der Waals surface area (Å²) in [4.78, 5) is 16.7. The zero-order valence-corrected chi connectivity index (χ0v) is 9.05. The Balaban J connectivity index is 2.14. The number of rotatable bonds is 2. The normalized spacial score (nSPS) is 24.8. The Bertz CT molecular complexity index is 400. The number of pyridine rings is 1. The summed E-state index contributed by atoms with van der Waals surface area (Å²) in [6.45, 7) is 3.07. The molecule has 1 saturated heterocycles. The molecule has 5 nitrogen and oxygen atoms in total. The van der Waals surface area contributed by atoms with Crippen molar-refractivity contribution in [2.24, 2.45) is 0 Å². The highest BCUT2D eigenvalue weighted by Crippen LogP contribution is 2.24. The van der Waals surface area contributed by atoms with Crippen LogP contribution >= 0.6 is 0 Å². The van der Waals surface area contributed by atoms with Crippen molar-refractivity contribution >= 4 is 11.8 Å². The maximum atomic E-state index is 10.6. The van der Waals surface area contributed by atoms with Crippen LogP contribution in [0.2, 0.25) is 0 Å². The number of nitrogens with zero attached hydrogens (tertiary/aromatic N) is 2. The molecular formula is C11H14N2O3. The molecule has 0 amide bonds. The Morgan fingerprint density at radius 1 is 1.56 bits per heavy atom. The number of hydrogen-bond donors (Lipinski definition) is 2. The minimum absolute atomic E-state index is 0.176. The third-order valence-corrected chi connectivity index (χ3v) is 2.77. The lowest BCUT2D eigenvalue weighted by molar-refractivity contribution is 0.0696. The predicted molar refractivity (Wildman–Crippen MR) is 58.7 cm³/mol. The molecule has 86 valence electrons. The third-order valence-electron chi connectivity index (χ3n) is 2.77. The van der Waals surface area contributed by atoms with E-state index in [1.54, 1.807) is 13.0 Å². The van der Waals surface area contributed by atoms with Crippen molar-refractivity contribution in [1.29, 1.82) is 0 Å². The SMILES string of the molecule is CC1(O)CCN(c2ccc(C(=O)O)cn2)C1. The second kappa shape index (κ2) is 3.75. The number of aromatic nitrogens is 1. The van der Waals surface area contributed by atoms with Gasteiger partial charge in [0.25, 0.3) is 0 Å². The fourth-order valence-electron chi connectivity index (χ4n) is 1.84. The van der Waals surface area contributed by atoms with E-state index in [1.165, 1.54) is 12.3 Å². The van der Waals surface area contributed by atoms with E-state index in [2.05, 4.69) is 4.98 Å². The molecule has 1 unspecified atom stereocenters. The number of carbonyl (C=O) groups is 1. The Hall–Kier alpha value is -1.62. The molecule has 1 atom stereocenters. The van der Waals surface area contributed by atoms with E-state index < -0.39 is 11.6 Å². The molecule has 16 heavy (non-hydrogen) atoms. The van der Waals surface area contributed by atoms with Crippen LogP contribution in [0.25, 0.3) is 0 Å². The van der Waals surface area contributed by atoms with Crippen molar-refractivity contribution in [2.75, 3.05) is 18.0 Å². The highest BCUT2D eigenvalue weighted by molar-refractivity contribution is 5.87. The maximum absolute atomic E-state index is 10.6. The number of anilines is 1. The first kappa shape index (κ1) is 10.9. The van der Waals surface area contributed by atoms with Crippen molar-refractivity contribution in [3.63, 3.8) is 0 Å². The van der Waals surface area contributed by atoms with Crippen molar-refractivity contribution in [3.8, 4) is 0 Å². The van der Waals surface area contributed by atoms with Crippen LogP contribution < -0.4 is 4.90 Å². The highest BCUT2D eigenvalue weighted by Gasteiger charge is 2.31. The molecule has 0 aliphatic carbocycles. The monoisotopic (exact) mass is 222 g/mol. The van der Waals surface area contributed by atoms with Gasteiger partial charge in [-0.2, -0.15) is 0 Å². The lowest BCUT2D eigenvalue weighted by Gasteiger charge is -2.19. The second-order valence-electron chi connectivity index (χ2n) is 4.38. The van der Waals surface area contributed by atoms with Crippen LogP contribution in [0.3, 0.4) is 0 Å². The molecule has 2 rings (SSSR count). The van der Waals surface area contributed by atoms with E-state index in [-0.39, 0.29) is 5.56 Å². The average molecular weight is 222 g/mol. The predicted octanol–water partition coefficient (Wildman–Crippen LogP) is 0.741. The van der Waals surface area contributed by atoms with E-state index in [9.17, 15) is 9.90 Å². The first-order valence-corrected chi connectivity index (χ1v) is 5.15. The quantitative estimate of drug-likeness (QED) is 0.772. The topological polar surface area (TPSA) is 73.7 Å². The number of carboxylic acids is 1. The summed E-state index contributed by atoms with van der Waals surface area (Å²) >= 11 is 0. The number of aliphatic hydroxyl groups is 1. The van der Waals surface area contributed by atoms with Gasteiger partial charge in [-0.25, -0.2) is 9.78 Å². The zero-order chi connectivity index (χ0) is 11.8. The van der Waals surface area contributed by atoms with Gasteiger partial charge in [0.05, 0.1) is 11.2 Å². The van der Waals surface area contributed by atoms with Gasteiger partial charge >= 0.3 is 5.97 Å². The molecule has 0 bridgehead atoms. The fourth-order valence-corrected chi connectivity index (χ4v) is 1.84. The molecule has 1 aliphatic heterocycles. The standard InChI is InChI=1S/C11H14N2O3/c1-11(16)4-5-13(7-11)9-3-2-8(6-12-9)10(14)15/h2-3,6,16H,4-5,7H2,1H3,(H,14,15). The number of aromatic carboxylic acids is 1. The lowest BCUT2D eigenvalue weighted by Crippen LogP contribution is -2.29. The number of carboxylic acid groups (broad SMARTS) is 1. The summed E-state index contributed by atoms with van der Waals surface area (Å²) < 4.78 is 0. The van der Waals surface area contributed by atoms with E-state index >= 15 is 0 Å². The van der Waals surface area contributed by atoms with Crippen molar-refractivity contribution in [2.45, 2.75) is 18.9 Å². The van der Waals surface area contributed by atoms with E-state index in [0.29, 0.717) is 18.8 Å². The van der Waals surface area contributed by atoms with E-state index in [0.717, 1.165) is 6.54 Å². The average Bonchev–Trinajstić information content (AvgIpc) is 2.59. The number of hydrogen-bond acceptors (Lipinski definition) is 4. The third kappa shape index (κ3) is 2.14. The molecule has 1 aromatic rings. The Morgan fingerprint density at radius 2 is 2.31 bits per heavy atom. The highest BCUT2D eigenvalue weighted by atomic mass is 16.4. The molecular weight excluding hydrogens is 208 g/mol. The molecule has 5 heteroatoms. The summed E-state index contributed by atoms with van der Waals surface area (Å²) in [7, 11) is 0. The van der Waals surface area contributed by atoms with Crippen LogP contribution in [0, 0.1) is 0 Å². The molecule has 2 heterocycles. The Morgan fingerprint density at radius 3 is 2.75 bits per heavy atom. The van der Waals surface area contributed by atoms with Crippen molar-refractivity contribution < 1.29 is 15.0 Å². The zero-order valence-electron chi connectivity index (χ0n) is 9.05. The van der Waals surface area contributed by atoms with Crippen molar-refractivity contribution in [1.82, 2.24) is 4.98 Å². The summed E-state index contributed by atoms with van der Waals surface area (Å²) in [5.41, 5.74) is -0.498. The van der Waals surface area contributed by atoms with Crippen LogP contribution in [0.15, 0.2) is 18.3 Å². The molecule has 0 spiro atoms. The van der Waals surface area contributed by atoms with Gasteiger partial charge in [0.15, 0.2) is 0 Å². The number of β-amino-alcohol motifs (C(OH)–C–C–N with tert-alkyl or cyclic N) is 1. The van der Waals surface area contributed by atoms with Crippen LogP contribution in [-0.2, 0) is 0 Å². The Kier molecular flexibility index (Phi) is 2.55. The first-order chi connectivity index (χ1) is 7.48. The summed E-state index contributed by atoms with van der Waals surface area (Å²) in [5, 5.41) is 18.5. The van der Waals surface area contributed by atoms with Gasteiger partial charge in [0.2, 0.25) is 0 Å². The van der Waals surface area contributed by atoms with Gasteiger partial charge in [-0.3, -0.25) is 0 Å². The Labute approximate surface area is 93.3 Å². The molecule has 0 saturated carbocycles. The van der Waals surface area contributed by atoms with Crippen LogP contribution in [0.5, 0.6) is 0 Å². The minimum atomic E-state index is -0.979. The van der Waals surface area contributed by atoms with Crippen LogP contribution in [0.1, 0.15) is 23.7 Å². The van der Waals surface area contributed by atoms with Crippen LogP contribution in [-0.4, -0.2) is 39.9 Å². The second-order valence-corrected chi connectivity index (χ2v) is 4.38. The van der Waals surface area contributed by atoms with Gasteiger partial charge in [-0.1, -0.05) is 0 Å². The van der Waals surface area contributed by atoms with Gasteiger partial charge in [-0.05, 0) is 25.5 Å². The smallest absolute Gasteiger partial charge is 0.337 e. The summed E-state index contributed by atoms with van der Waals surface area (Å²) in [6, 6.07) is 3.20. The minimum Gasteiger partial charge on any atom is -0.478 e. The fraction of sp³-hybridized carbons (Fsp3) is 0.455. The van der Waals surface area contributed by atoms with E-state index in [1.807, 2.05) is 4.90 Å². The van der Waals surface area contributed by atoms with Crippen LogP contribution in [0.4, 0.5) is 5.82 Å². The molecule has 1 aliphatic rings.